The molecule has 0 spiro atoms. The lowest BCUT2D eigenvalue weighted by Crippen LogP contribution is -2.21. The maximum atomic E-state index is 12.7. The van der Waals surface area contributed by atoms with Crippen LogP contribution in [-0.2, 0) is 0 Å². The Labute approximate surface area is 199 Å². The number of benzene rings is 1. The molecular weight excluding hydrogens is 438 g/mol. The van der Waals surface area contributed by atoms with E-state index in [0.29, 0.717) is 34.5 Å². The van der Waals surface area contributed by atoms with Crippen molar-refractivity contribution in [3.05, 3.63) is 60.6 Å². The van der Waals surface area contributed by atoms with Gasteiger partial charge in [0.1, 0.15) is 0 Å². The molecule has 4 rings (SSSR count). The summed E-state index contributed by atoms with van der Waals surface area (Å²) in [7, 11) is 2.95. The molecule has 0 aliphatic heterocycles. The number of nitrogens with one attached hydrogen (secondary N) is 3. The van der Waals surface area contributed by atoms with E-state index in [1.807, 2.05) is 5.32 Å². The number of carbonyl (C=O) groups is 1. The van der Waals surface area contributed by atoms with E-state index in [2.05, 4.69) is 41.0 Å². The Hall–Kier alpha value is -4.87. The molecule has 1 aromatic carbocycles. The normalized spacial score (nSPS) is 12.0. The van der Waals surface area contributed by atoms with E-state index >= 15 is 0 Å². The van der Waals surface area contributed by atoms with Gasteiger partial charge in [-0.05, 0) is 24.3 Å². The van der Waals surface area contributed by atoms with Crippen LogP contribution in [0.25, 0.3) is 11.4 Å². The molecule has 0 unspecified atom stereocenters. The van der Waals surface area contributed by atoms with E-state index in [-0.39, 0.29) is 17.2 Å². The van der Waals surface area contributed by atoms with Crippen molar-refractivity contribution in [2.45, 2.75) is 0 Å². The summed E-state index contributed by atoms with van der Waals surface area (Å²) in [6.07, 6.45) is 3.21. The fourth-order valence-electron chi connectivity index (χ4n) is 3.02. The molecule has 1 amide bonds. The Morgan fingerprint density at radius 2 is 1.71 bits per heavy atom. The highest BCUT2D eigenvalue weighted by Gasteiger charge is 2.18. The largest absolute Gasteiger partial charge is 0.494 e. The second-order valence-electron chi connectivity index (χ2n) is 6.62. The highest BCUT2D eigenvalue weighted by atomic mass is 16.5. The Bertz CT molecular complexity index is 1390. The van der Waals surface area contributed by atoms with Gasteiger partial charge in [-0.25, -0.2) is 9.97 Å². The molecule has 3 heterocycles. The molecule has 0 fully saturated rings. The highest BCUT2D eigenvalue weighted by Crippen LogP contribution is 2.37. The molecule has 4 aromatic rings. The fraction of sp³-hybridized carbons (Fsp3) is 0.136. The number of para-hydroxylation sites is 1. The molecule has 0 atom stereocenters. The van der Waals surface area contributed by atoms with E-state index in [9.17, 15) is 4.79 Å². The average Bonchev–Trinajstić information content (AvgIpc) is 2.88. The Kier molecular flexibility index (Phi) is 5.58. The Morgan fingerprint density at radius 3 is 2.41 bits per heavy atom. The van der Waals surface area contributed by atoms with Crippen LogP contribution in [0.1, 0.15) is 14.6 Å². The van der Waals surface area contributed by atoms with Crippen LogP contribution in [0, 0.1) is 0 Å². The summed E-state index contributed by atoms with van der Waals surface area (Å²) in [5.41, 5.74) is 0.921. The van der Waals surface area contributed by atoms with Gasteiger partial charge in [-0.1, -0.05) is 6.07 Å². The number of hydrogen-bond acceptors (Lipinski definition) is 11. The summed E-state index contributed by atoms with van der Waals surface area (Å²) in [5.74, 6) is 0.729. The smallest absolute Gasteiger partial charge is 0.273 e. The van der Waals surface area contributed by atoms with Crippen molar-refractivity contribution >= 4 is 28.9 Å². The summed E-state index contributed by atoms with van der Waals surface area (Å²) in [6.45, 7) is -2.73. The minimum Gasteiger partial charge on any atom is -0.494 e. The average molecular weight is 462 g/mol. The van der Waals surface area contributed by atoms with Crippen LogP contribution in [0.15, 0.2) is 54.9 Å². The van der Waals surface area contributed by atoms with Crippen LogP contribution >= 0.6 is 0 Å². The monoisotopic (exact) mass is 462 g/mol. The number of rotatable bonds is 8. The first-order valence-electron chi connectivity index (χ1n) is 11.3. The lowest BCUT2D eigenvalue weighted by atomic mass is 10.1. The van der Waals surface area contributed by atoms with Gasteiger partial charge in [-0.3, -0.25) is 4.79 Å². The zero-order valence-electron chi connectivity index (χ0n) is 21.1. The number of aromatic nitrogens is 6. The summed E-state index contributed by atoms with van der Waals surface area (Å²) >= 11 is 0. The minimum absolute atomic E-state index is 0.144. The zero-order chi connectivity index (χ0) is 26.4. The van der Waals surface area contributed by atoms with E-state index in [1.165, 1.54) is 20.3 Å². The third kappa shape index (κ3) is 4.80. The van der Waals surface area contributed by atoms with Crippen molar-refractivity contribution in [3.8, 4) is 23.0 Å². The van der Waals surface area contributed by atoms with Crippen molar-refractivity contribution < 1.29 is 18.4 Å². The van der Waals surface area contributed by atoms with Gasteiger partial charge in [-0.2, -0.15) is 0 Å². The van der Waals surface area contributed by atoms with E-state index < -0.39 is 12.9 Å². The molecule has 3 N–H and O–H groups in total. The van der Waals surface area contributed by atoms with Crippen LogP contribution in [0.2, 0.25) is 0 Å². The molecule has 34 heavy (non-hydrogen) atoms. The van der Waals surface area contributed by atoms with E-state index in [1.54, 1.807) is 48.8 Å². The molecular formula is C22H21N9O3. The van der Waals surface area contributed by atoms with Gasteiger partial charge in [0.2, 0.25) is 5.88 Å². The Morgan fingerprint density at radius 1 is 0.882 bits per heavy atom. The molecule has 0 aliphatic rings. The number of anilines is 4. The second-order valence-corrected chi connectivity index (χ2v) is 6.62. The lowest BCUT2D eigenvalue weighted by Gasteiger charge is -2.16. The van der Waals surface area contributed by atoms with Gasteiger partial charge in [0.15, 0.2) is 28.9 Å². The first kappa shape index (κ1) is 18.7. The second kappa shape index (κ2) is 10.2. The van der Waals surface area contributed by atoms with Crippen LogP contribution in [0.5, 0.6) is 11.6 Å². The molecule has 172 valence electrons. The van der Waals surface area contributed by atoms with Gasteiger partial charge < -0.3 is 25.4 Å². The number of hydrogen-bond donors (Lipinski definition) is 3. The summed E-state index contributed by atoms with van der Waals surface area (Å²) in [6, 6.07) is 11.6. The van der Waals surface area contributed by atoms with Gasteiger partial charge in [-0.15, -0.1) is 20.4 Å². The number of carbonyl (C=O) groups excluding carboxylic acids is 1. The fourth-order valence-corrected chi connectivity index (χ4v) is 3.02. The van der Waals surface area contributed by atoms with Crippen molar-refractivity contribution in [2.75, 3.05) is 31.8 Å². The highest BCUT2D eigenvalue weighted by molar-refractivity contribution is 5.99. The quantitative estimate of drug-likeness (QED) is 0.355. The number of ether oxygens (including phenoxy) is 2. The molecule has 3 aromatic heterocycles. The molecule has 0 saturated heterocycles. The number of nitrogens with zero attached hydrogens (tertiary/aromatic N) is 6. The maximum Gasteiger partial charge on any atom is 0.273 e. The third-order valence-electron chi connectivity index (χ3n) is 4.52. The lowest BCUT2D eigenvalue weighted by molar-refractivity contribution is 0.0958. The molecule has 0 saturated carbocycles. The first-order valence-corrected chi connectivity index (χ1v) is 9.84. The van der Waals surface area contributed by atoms with Crippen molar-refractivity contribution in [3.63, 3.8) is 0 Å². The summed E-state index contributed by atoms with van der Waals surface area (Å²) < 4.78 is 32.7. The standard InChI is InChI=1S/C22H21N9O3/c1-23-22(32)19-15(12-17(29-31-19)27-16-8-9-18(33-2)30-28-16)26-14-7-4-6-13(20(14)34-3)21-24-10-5-11-25-21/h4-12H,1-3H3,(H,23,32)(H2,26,27,28,29)/i1D3. The molecule has 12 heteroatoms. The molecule has 0 aliphatic carbocycles. The predicted molar refractivity (Wildman–Crippen MR) is 125 cm³/mol. The van der Waals surface area contributed by atoms with Crippen molar-refractivity contribution in [1.29, 1.82) is 0 Å². The molecule has 0 radical (unpaired) electrons. The SMILES string of the molecule is [2H]C([2H])([2H])NC(=O)c1nnc(Nc2ccc(OC)nn2)cc1Nc1cccc(-c2ncccn2)c1OC. The van der Waals surface area contributed by atoms with Gasteiger partial charge in [0, 0.05) is 35.6 Å². The van der Waals surface area contributed by atoms with Crippen LogP contribution in [0.4, 0.5) is 23.0 Å². The zero-order valence-corrected chi connectivity index (χ0v) is 18.1. The number of methoxy groups -OCH3 is 2. The maximum absolute atomic E-state index is 12.7. The summed E-state index contributed by atoms with van der Waals surface area (Å²) in [4.78, 5) is 21.3. The van der Waals surface area contributed by atoms with Crippen LogP contribution < -0.4 is 25.4 Å². The number of amides is 1. The minimum atomic E-state index is -2.73. The van der Waals surface area contributed by atoms with Crippen molar-refractivity contribution in [1.82, 2.24) is 35.7 Å². The van der Waals surface area contributed by atoms with Gasteiger partial charge >= 0.3 is 0 Å². The van der Waals surface area contributed by atoms with Crippen LogP contribution in [-0.4, -0.2) is 57.5 Å². The summed E-state index contributed by atoms with van der Waals surface area (Å²) in [5, 5.41) is 23.7. The molecule has 0 bridgehead atoms. The first-order chi connectivity index (χ1) is 17.8. The van der Waals surface area contributed by atoms with E-state index in [0.717, 1.165) is 0 Å². The van der Waals surface area contributed by atoms with E-state index in [4.69, 9.17) is 13.6 Å². The topological polar surface area (TPSA) is 149 Å². The third-order valence-corrected chi connectivity index (χ3v) is 4.52. The van der Waals surface area contributed by atoms with Crippen molar-refractivity contribution in [2.24, 2.45) is 0 Å². The van der Waals surface area contributed by atoms with Gasteiger partial charge in [0.25, 0.3) is 5.91 Å². The molecule has 12 nitrogen and oxygen atoms in total. The Balaban J connectivity index is 1.73. The van der Waals surface area contributed by atoms with Crippen LogP contribution in [0.3, 0.4) is 0 Å². The predicted octanol–water partition coefficient (Wildman–Crippen LogP) is 2.59. The van der Waals surface area contributed by atoms with Gasteiger partial charge in [0.05, 0.1) is 31.2 Å².